The molecule has 0 unspecified atom stereocenters. The van der Waals surface area contributed by atoms with Crippen molar-refractivity contribution in [2.24, 2.45) is 0 Å². The Hall–Kier alpha value is -3.45. The number of para-hydroxylation sites is 2. The smallest absolute Gasteiger partial charge is 0.270 e. The molecule has 0 saturated carbocycles. The first kappa shape index (κ1) is 23.3. The molecule has 35 heavy (non-hydrogen) atoms. The lowest BCUT2D eigenvalue weighted by atomic mass is 10.1. The van der Waals surface area contributed by atoms with Crippen LogP contribution in [0, 0.1) is 6.92 Å². The molecule has 0 atom stereocenters. The quantitative estimate of drug-likeness (QED) is 0.200. The van der Waals surface area contributed by atoms with Gasteiger partial charge in [-0.05, 0) is 60.6 Å². The maximum atomic E-state index is 13.5. The molecule has 3 aromatic carbocycles. The molecule has 1 aliphatic rings. The largest absolute Gasteiger partial charge is 0.342 e. The molecule has 8 heteroatoms. The second-order valence-corrected chi connectivity index (χ2v) is 9.42. The third kappa shape index (κ3) is 4.36. The predicted molar refractivity (Wildman–Crippen MR) is 145 cm³/mol. The zero-order chi connectivity index (χ0) is 24.7. The number of thiocarbonyl (C=S) groups is 1. The molecule has 0 spiro atoms. The van der Waals surface area contributed by atoms with Gasteiger partial charge in [0.05, 0.1) is 15.7 Å². The van der Waals surface area contributed by atoms with E-state index in [0.717, 1.165) is 27.6 Å². The Bertz CT molecular complexity index is 1560. The van der Waals surface area contributed by atoms with Crippen molar-refractivity contribution in [2.75, 3.05) is 4.90 Å². The van der Waals surface area contributed by atoms with Crippen LogP contribution < -0.4 is 10.2 Å². The molecule has 1 saturated heterocycles. The number of rotatable bonds is 4. The number of hydrogen-bond acceptors (Lipinski definition) is 3. The first-order valence-electron chi connectivity index (χ1n) is 10.8. The molecule has 174 valence electrons. The summed E-state index contributed by atoms with van der Waals surface area (Å²) >= 11 is 17.6. The number of anilines is 1. The number of amides is 2. The molecule has 1 fully saturated rings. The van der Waals surface area contributed by atoms with Crippen molar-refractivity contribution in [3.05, 3.63) is 105 Å². The standard InChI is InChI=1S/C27H19Cl2N3O2S/c1-16-6-2-4-8-23(16)32-26(34)20(25(33)30-27(32)35)13-18-15-31(24-9-5-3-7-19(18)24)14-17-10-11-21(28)22(29)12-17/h2-13,15H,14H2,1H3,(H,30,33,35)/b20-13+. The second-order valence-electron chi connectivity index (χ2n) is 8.22. The van der Waals surface area contributed by atoms with Crippen LogP contribution in [-0.2, 0) is 16.1 Å². The molecule has 2 heterocycles. The van der Waals surface area contributed by atoms with Gasteiger partial charge in [0.25, 0.3) is 11.8 Å². The van der Waals surface area contributed by atoms with E-state index >= 15 is 0 Å². The van der Waals surface area contributed by atoms with Gasteiger partial charge in [0.15, 0.2) is 5.11 Å². The monoisotopic (exact) mass is 519 g/mol. The summed E-state index contributed by atoms with van der Waals surface area (Å²) in [6.07, 6.45) is 3.55. The first-order chi connectivity index (χ1) is 16.8. The Labute approximate surface area is 217 Å². The number of fused-ring (bicyclic) bond motifs is 1. The van der Waals surface area contributed by atoms with Crippen LogP contribution in [0.4, 0.5) is 5.69 Å². The van der Waals surface area contributed by atoms with Crippen LogP contribution >= 0.6 is 35.4 Å². The molecule has 4 aromatic rings. The minimum absolute atomic E-state index is 0.0132. The predicted octanol–water partition coefficient (Wildman–Crippen LogP) is 6.14. The summed E-state index contributed by atoms with van der Waals surface area (Å²) in [5.41, 5.74) is 4.20. The van der Waals surface area contributed by atoms with Gasteiger partial charge < -0.3 is 4.57 Å². The SMILES string of the molecule is Cc1ccccc1N1C(=O)/C(=C/c2cn(Cc3ccc(Cl)c(Cl)c3)c3ccccc23)C(=O)NC1=S. The van der Waals surface area contributed by atoms with Crippen molar-refractivity contribution in [1.82, 2.24) is 9.88 Å². The molecule has 1 aliphatic heterocycles. The summed E-state index contributed by atoms with van der Waals surface area (Å²) in [6.45, 7) is 2.43. The number of nitrogens with one attached hydrogen (secondary N) is 1. The third-order valence-corrected chi connectivity index (χ3v) is 6.94. The highest BCUT2D eigenvalue weighted by Crippen LogP contribution is 2.29. The van der Waals surface area contributed by atoms with Crippen LogP contribution in [0.1, 0.15) is 16.7 Å². The van der Waals surface area contributed by atoms with E-state index in [2.05, 4.69) is 9.88 Å². The molecule has 0 radical (unpaired) electrons. The highest BCUT2D eigenvalue weighted by molar-refractivity contribution is 7.80. The Kier molecular flexibility index (Phi) is 6.19. The number of benzene rings is 3. The number of carbonyl (C=O) groups excluding carboxylic acids is 2. The topological polar surface area (TPSA) is 54.3 Å². The normalized spacial score (nSPS) is 15.2. The van der Waals surface area contributed by atoms with E-state index in [1.165, 1.54) is 4.90 Å². The fourth-order valence-electron chi connectivity index (χ4n) is 4.20. The molecule has 5 nitrogen and oxygen atoms in total. The van der Waals surface area contributed by atoms with E-state index in [0.29, 0.717) is 22.3 Å². The fraction of sp³-hybridized carbons (Fsp3) is 0.0741. The van der Waals surface area contributed by atoms with Gasteiger partial charge in [-0.1, -0.05) is 65.7 Å². The highest BCUT2D eigenvalue weighted by atomic mass is 35.5. The van der Waals surface area contributed by atoms with E-state index in [-0.39, 0.29) is 10.7 Å². The average Bonchev–Trinajstić information content (AvgIpc) is 3.17. The number of halogens is 2. The molecule has 2 amide bonds. The first-order valence-corrected chi connectivity index (χ1v) is 12.0. The summed E-state index contributed by atoms with van der Waals surface area (Å²) in [7, 11) is 0. The lowest BCUT2D eigenvalue weighted by molar-refractivity contribution is -0.122. The number of nitrogens with zero attached hydrogens (tertiary/aromatic N) is 2. The van der Waals surface area contributed by atoms with Gasteiger partial charge in [-0.2, -0.15) is 0 Å². The summed E-state index contributed by atoms with van der Waals surface area (Å²) < 4.78 is 2.05. The van der Waals surface area contributed by atoms with Crippen molar-refractivity contribution >= 4 is 75.0 Å². The van der Waals surface area contributed by atoms with Crippen molar-refractivity contribution in [2.45, 2.75) is 13.5 Å². The molecule has 0 bridgehead atoms. The van der Waals surface area contributed by atoms with Crippen LogP contribution in [0.15, 0.2) is 78.5 Å². The van der Waals surface area contributed by atoms with E-state index in [1.54, 1.807) is 18.2 Å². The number of aryl methyl sites for hydroxylation is 1. The molecule has 0 aliphatic carbocycles. The van der Waals surface area contributed by atoms with E-state index < -0.39 is 11.8 Å². The van der Waals surface area contributed by atoms with Crippen LogP contribution in [0.2, 0.25) is 10.0 Å². The van der Waals surface area contributed by atoms with E-state index in [1.807, 2.05) is 67.7 Å². The molecular weight excluding hydrogens is 501 g/mol. The molecular formula is C27H19Cl2N3O2S. The van der Waals surface area contributed by atoms with Gasteiger partial charge in [0, 0.05) is 29.2 Å². The fourth-order valence-corrected chi connectivity index (χ4v) is 4.80. The summed E-state index contributed by atoms with van der Waals surface area (Å²) in [5.74, 6) is -0.986. The number of aromatic nitrogens is 1. The number of hydrogen-bond donors (Lipinski definition) is 1. The Morgan fingerprint density at radius 3 is 2.49 bits per heavy atom. The minimum Gasteiger partial charge on any atom is -0.342 e. The molecule has 5 rings (SSSR count). The summed E-state index contributed by atoms with van der Waals surface area (Å²) in [4.78, 5) is 27.7. The van der Waals surface area contributed by atoms with Crippen LogP contribution in [0.3, 0.4) is 0 Å². The summed E-state index contributed by atoms with van der Waals surface area (Å²) in [5, 5.41) is 4.62. The zero-order valence-electron chi connectivity index (χ0n) is 18.6. The average molecular weight is 520 g/mol. The van der Waals surface area contributed by atoms with E-state index in [9.17, 15) is 9.59 Å². The lowest BCUT2D eigenvalue weighted by Crippen LogP contribution is -2.54. The van der Waals surface area contributed by atoms with Gasteiger partial charge >= 0.3 is 0 Å². The second kappa shape index (κ2) is 9.30. The van der Waals surface area contributed by atoms with Gasteiger partial charge in [0.2, 0.25) is 0 Å². The van der Waals surface area contributed by atoms with Crippen molar-refractivity contribution in [1.29, 1.82) is 0 Å². The van der Waals surface area contributed by atoms with Crippen LogP contribution in [-0.4, -0.2) is 21.5 Å². The minimum atomic E-state index is -0.522. The van der Waals surface area contributed by atoms with Gasteiger partial charge in [-0.3, -0.25) is 19.8 Å². The Morgan fingerprint density at radius 1 is 0.971 bits per heavy atom. The molecule has 1 N–H and O–H groups in total. The highest BCUT2D eigenvalue weighted by Gasteiger charge is 2.35. The van der Waals surface area contributed by atoms with Crippen molar-refractivity contribution in [3.8, 4) is 0 Å². The summed E-state index contributed by atoms with van der Waals surface area (Å²) in [6, 6.07) is 20.7. The van der Waals surface area contributed by atoms with Gasteiger partial charge in [-0.25, -0.2) is 0 Å². The number of carbonyl (C=O) groups is 2. The lowest BCUT2D eigenvalue weighted by Gasteiger charge is -2.29. The van der Waals surface area contributed by atoms with Gasteiger partial charge in [-0.15, -0.1) is 0 Å². The Balaban J connectivity index is 1.57. The zero-order valence-corrected chi connectivity index (χ0v) is 20.9. The van der Waals surface area contributed by atoms with Gasteiger partial charge in [0.1, 0.15) is 5.57 Å². The van der Waals surface area contributed by atoms with Crippen molar-refractivity contribution < 1.29 is 9.59 Å². The van der Waals surface area contributed by atoms with Crippen molar-refractivity contribution in [3.63, 3.8) is 0 Å². The van der Waals surface area contributed by atoms with Crippen LogP contribution in [0.25, 0.3) is 17.0 Å². The maximum absolute atomic E-state index is 13.5. The molecule has 1 aromatic heterocycles. The Morgan fingerprint density at radius 2 is 1.71 bits per heavy atom. The van der Waals surface area contributed by atoms with Crippen LogP contribution in [0.5, 0.6) is 0 Å². The van der Waals surface area contributed by atoms with E-state index in [4.69, 9.17) is 35.4 Å². The maximum Gasteiger partial charge on any atom is 0.270 e. The third-order valence-electron chi connectivity index (χ3n) is 5.91.